The van der Waals surface area contributed by atoms with E-state index in [1.54, 1.807) is 12.1 Å². The molecule has 1 aliphatic rings. The normalized spacial score (nSPS) is 15.4. The van der Waals surface area contributed by atoms with Gasteiger partial charge in [0.1, 0.15) is 5.82 Å². The van der Waals surface area contributed by atoms with Gasteiger partial charge in [0.2, 0.25) is 5.91 Å². The molecule has 1 amide bonds. The first kappa shape index (κ1) is 15.7. The number of halogens is 1. The lowest BCUT2D eigenvalue weighted by Gasteiger charge is -2.28. The number of nitrogens with one attached hydrogen (secondary N) is 1. The van der Waals surface area contributed by atoms with Crippen LogP contribution >= 0.6 is 0 Å². The summed E-state index contributed by atoms with van der Waals surface area (Å²) in [6.45, 7) is 2.59. The van der Waals surface area contributed by atoms with Crippen molar-refractivity contribution in [1.29, 1.82) is 0 Å². The number of nitrogens with zero attached hydrogens (tertiary/aromatic N) is 1. The molecule has 120 valence electrons. The molecule has 3 rings (SSSR count). The monoisotopic (exact) mass is 312 g/mol. The highest BCUT2D eigenvalue weighted by Crippen LogP contribution is 2.30. The van der Waals surface area contributed by atoms with Crippen LogP contribution in [0.2, 0.25) is 0 Å². The molecule has 4 heteroatoms. The summed E-state index contributed by atoms with van der Waals surface area (Å²) in [6.07, 6.45) is 2.23. The van der Waals surface area contributed by atoms with Crippen molar-refractivity contribution in [3.05, 3.63) is 66.0 Å². The molecule has 0 aliphatic heterocycles. The van der Waals surface area contributed by atoms with Gasteiger partial charge in [-0.15, -0.1) is 0 Å². The first-order valence-corrected chi connectivity index (χ1v) is 7.99. The van der Waals surface area contributed by atoms with Gasteiger partial charge in [-0.05, 0) is 49.6 Å². The zero-order valence-corrected chi connectivity index (χ0v) is 13.2. The second kappa shape index (κ2) is 6.92. The molecule has 0 saturated heterocycles. The third-order valence-electron chi connectivity index (χ3n) is 4.21. The Balaban J connectivity index is 1.67. The van der Waals surface area contributed by atoms with Crippen LogP contribution in [0.3, 0.4) is 0 Å². The highest BCUT2D eigenvalue weighted by molar-refractivity contribution is 5.94. The third-order valence-corrected chi connectivity index (χ3v) is 4.21. The van der Waals surface area contributed by atoms with E-state index in [-0.39, 0.29) is 17.8 Å². The highest BCUT2D eigenvalue weighted by atomic mass is 19.1. The van der Waals surface area contributed by atoms with Crippen molar-refractivity contribution in [2.75, 3.05) is 5.32 Å². The lowest BCUT2D eigenvalue weighted by Crippen LogP contribution is -2.42. The number of carbonyl (C=O) groups excluding carboxylic acids is 1. The maximum absolute atomic E-state index is 13.0. The van der Waals surface area contributed by atoms with Gasteiger partial charge in [0.15, 0.2) is 0 Å². The molecule has 1 saturated carbocycles. The second-order valence-electron chi connectivity index (χ2n) is 6.06. The van der Waals surface area contributed by atoms with Crippen molar-refractivity contribution in [2.45, 2.75) is 38.4 Å². The van der Waals surface area contributed by atoms with Crippen molar-refractivity contribution in [3.63, 3.8) is 0 Å². The summed E-state index contributed by atoms with van der Waals surface area (Å²) in [6, 6.07) is 16.2. The van der Waals surface area contributed by atoms with Gasteiger partial charge in [0, 0.05) is 18.3 Å². The Bertz CT molecular complexity index is 653. The number of carbonyl (C=O) groups is 1. The minimum absolute atomic E-state index is 0.00906. The molecule has 1 aliphatic carbocycles. The predicted octanol–water partition coefficient (Wildman–Crippen LogP) is 3.82. The molecule has 1 fully saturated rings. The van der Waals surface area contributed by atoms with Gasteiger partial charge in [-0.2, -0.15) is 0 Å². The fraction of sp³-hybridized carbons (Fsp3) is 0.316. The van der Waals surface area contributed by atoms with Crippen molar-refractivity contribution in [3.8, 4) is 0 Å². The van der Waals surface area contributed by atoms with Gasteiger partial charge in [-0.1, -0.05) is 30.3 Å². The van der Waals surface area contributed by atoms with Crippen molar-refractivity contribution >= 4 is 11.6 Å². The Hall–Kier alpha value is -2.20. The summed E-state index contributed by atoms with van der Waals surface area (Å²) in [4.78, 5) is 14.7. The number of para-hydroxylation sites is 1. The van der Waals surface area contributed by atoms with E-state index in [2.05, 4.69) is 10.2 Å². The quantitative estimate of drug-likeness (QED) is 0.879. The topological polar surface area (TPSA) is 32.3 Å². The summed E-state index contributed by atoms with van der Waals surface area (Å²) >= 11 is 0. The Morgan fingerprint density at radius 1 is 1.17 bits per heavy atom. The van der Waals surface area contributed by atoms with Crippen LogP contribution in [0.4, 0.5) is 10.1 Å². The van der Waals surface area contributed by atoms with Gasteiger partial charge >= 0.3 is 0 Å². The maximum Gasteiger partial charge on any atom is 0.241 e. The number of rotatable bonds is 6. The van der Waals surface area contributed by atoms with Crippen LogP contribution in [-0.2, 0) is 11.3 Å². The second-order valence-corrected chi connectivity index (χ2v) is 6.06. The van der Waals surface area contributed by atoms with Crippen molar-refractivity contribution < 1.29 is 9.18 Å². The largest absolute Gasteiger partial charge is 0.325 e. The Kier molecular flexibility index (Phi) is 4.72. The van der Waals surface area contributed by atoms with Crippen LogP contribution in [0.1, 0.15) is 25.3 Å². The van der Waals surface area contributed by atoms with E-state index in [1.165, 1.54) is 12.1 Å². The molecule has 0 unspecified atom stereocenters. The lowest BCUT2D eigenvalue weighted by atomic mass is 10.1. The number of amides is 1. The molecule has 2 aromatic rings. The zero-order chi connectivity index (χ0) is 16.2. The Labute approximate surface area is 136 Å². The number of anilines is 1. The van der Waals surface area contributed by atoms with Crippen LogP contribution in [-0.4, -0.2) is 22.9 Å². The Morgan fingerprint density at radius 3 is 2.43 bits per heavy atom. The summed E-state index contributed by atoms with van der Waals surface area (Å²) in [5, 5.41) is 2.96. The lowest BCUT2D eigenvalue weighted by molar-refractivity contribution is -0.121. The molecule has 2 aromatic carbocycles. The molecule has 0 bridgehead atoms. The van der Waals surface area contributed by atoms with Crippen LogP contribution in [0.25, 0.3) is 0 Å². The summed E-state index contributed by atoms with van der Waals surface area (Å²) < 4.78 is 13.0. The number of hydrogen-bond donors (Lipinski definition) is 1. The van der Waals surface area contributed by atoms with Crippen molar-refractivity contribution in [1.82, 2.24) is 4.90 Å². The molecular weight excluding hydrogens is 291 g/mol. The molecule has 0 heterocycles. The molecule has 23 heavy (non-hydrogen) atoms. The summed E-state index contributed by atoms with van der Waals surface area (Å²) in [7, 11) is 0. The van der Waals surface area contributed by atoms with Gasteiger partial charge in [-0.25, -0.2) is 4.39 Å². The smallest absolute Gasteiger partial charge is 0.241 e. The SMILES string of the molecule is C[C@H](C(=O)Nc1ccccc1)N(Cc1ccc(F)cc1)C1CC1. The van der Waals surface area contributed by atoms with E-state index in [4.69, 9.17) is 0 Å². The number of hydrogen-bond acceptors (Lipinski definition) is 2. The molecule has 0 aromatic heterocycles. The zero-order valence-electron chi connectivity index (χ0n) is 13.2. The van der Waals surface area contributed by atoms with E-state index in [0.717, 1.165) is 24.1 Å². The van der Waals surface area contributed by atoms with E-state index >= 15 is 0 Å². The first-order valence-electron chi connectivity index (χ1n) is 7.99. The van der Waals surface area contributed by atoms with Gasteiger partial charge in [0.05, 0.1) is 6.04 Å². The van der Waals surface area contributed by atoms with E-state index in [1.807, 2.05) is 37.3 Å². The molecule has 0 spiro atoms. The molecule has 1 atom stereocenters. The standard InChI is InChI=1S/C19H21FN2O/c1-14(19(23)21-17-5-3-2-4-6-17)22(18-11-12-18)13-15-7-9-16(20)10-8-15/h2-10,14,18H,11-13H2,1H3,(H,21,23)/t14-/m1/s1. The van der Waals surface area contributed by atoms with Gasteiger partial charge in [-0.3, -0.25) is 9.69 Å². The van der Waals surface area contributed by atoms with Gasteiger partial charge < -0.3 is 5.32 Å². The minimum Gasteiger partial charge on any atom is -0.325 e. The Morgan fingerprint density at radius 2 is 1.83 bits per heavy atom. The average Bonchev–Trinajstić information content (AvgIpc) is 3.39. The third kappa shape index (κ3) is 4.17. The van der Waals surface area contributed by atoms with Crippen LogP contribution in [0.5, 0.6) is 0 Å². The maximum atomic E-state index is 13.0. The summed E-state index contributed by atoms with van der Waals surface area (Å²) in [5.41, 5.74) is 1.83. The first-order chi connectivity index (χ1) is 11.1. The molecular formula is C19H21FN2O. The van der Waals surface area contributed by atoms with E-state index in [9.17, 15) is 9.18 Å². The predicted molar refractivity (Wildman–Crippen MR) is 89.5 cm³/mol. The van der Waals surface area contributed by atoms with Gasteiger partial charge in [0.25, 0.3) is 0 Å². The van der Waals surface area contributed by atoms with Crippen molar-refractivity contribution in [2.24, 2.45) is 0 Å². The molecule has 3 nitrogen and oxygen atoms in total. The fourth-order valence-electron chi connectivity index (χ4n) is 2.71. The molecule has 0 radical (unpaired) electrons. The average molecular weight is 312 g/mol. The van der Waals surface area contributed by atoms with Crippen LogP contribution in [0, 0.1) is 5.82 Å². The van der Waals surface area contributed by atoms with Crippen LogP contribution < -0.4 is 5.32 Å². The fourth-order valence-corrected chi connectivity index (χ4v) is 2.71. The van der Waals surface area contributed by atoms with E-state index in [0.29, 0.717) is 12.6 Å². The number of benzene rings is 2. The molecule has 1 N–H and O–H groups in total. The highest BCUT2D eigenvalue weighted by Gasteiger charge is 2.34. The summed E-state index contributed by atoms with van der Waals surface area (Å²) in [5.74, 6) is -0.244. The van der Waals surface area contributed by atoms with Crippen LogP contribution in [0.15, 0.2) is 54.6 Å². The minimum atomic E-state index is -0.235. The van der Waals surface area contributed by atoms with E-state index < -0.39 is 0 Å².